The van der Waals surface area contributed by atoms with Crippen molar-refractivity contribution >= 4 is 12.6 Å². The van der Waals surface area contributed by atoms with Gasteiger partial charge in [-0.15, -0.1) is 0 Å². The van der Waals surface area contributed by atoms with Gasteiger partial charge in [0.25, 0.3) is 0 Å². The molecule has 0 saturated carbocycles. The Bertz CT molecular complexity index is 472. The molecule has 0 radical (unpaired) electrons. The molecule has 0 aromatic heterocycles. The van der Waals surface area contributed by atoms with Crippen LogP contribution in [-0.4, -0.2) is 32.0 Å². The Kier molecular flexibility index (Phi) is 4.14. The lowest BCUT2D eigenvalue weighted by Crippen LogP contribution is -2.41. The molecule has 1 fully saturated rings. The summed E-state index contributed by atoms with van der Waals surface area (Å²) in [6.07, 6.45) is 0.830. The van der Waals surface area contributed by atoms with E-state index in [0.717, 1.165) is 23.2 Å². The van der Waals surface area contributed by atoms with E-state index in [2.05, 4.69) is 6.07 Å². The Labute approximate surface area is 121 Å². The van der Waals surface area contributed by atoms with Gasteiger partial charge in [0.1, 0.15) is 5.75 Å². The summed E-state index contributed by atoms with van der Waals surface area (Å²) in [6, 6.07) is 6.04. The van der Waals surface area contributed by atoms with E-state index in [1.807, 2.05) is 39.8 Å². The lowest BCUT2D eigenvalue weighted by Gasteiger charge is -2.32. The van der Waals surface area contributed by atoms with Crippen molar-refractivity contribution < 1.29 is 14.0 Å². The fourth-order valence-corrected chi connectivity index (χ4v) is 2.26. The predicted molar refractivity (Wildman–Crippen MR) is 81.5 cm³/mol. The van der Waals surface area contributed by atoms with E-state index in [9.17, 15) is 0 Å². The number of hydrogen-bond acceptors (Lipinski definition) is 4. The molecule has 1 saturated heterocycles. The van der Waals surface area contributed by atoms with Crippen LogP contribution in [0, 0.1) is 0 Å². The Balaban J connectivity index is 2.35. The summed E-state index contributed by atoms with van der Waals surface area (Å²) in [7, 11) is 1.25. The first-order chi connectivity index (χ1) is 9.30. The molecule has 2 N–H and O–H groups in total. The molecule has 20 heavy (non-hydrogen) atoms. The first-order valence-corrected chi connectivity index (χ1v) is 7.03. The maximum atomic E-state index is 6.09. The number of methoxy groups -OCH3 is 1. The van der Waals surface area contributed by atoms with Crippen LogP contribution in [-0.2, 0) is 15.7 Å². The van der Waals surface area contributed by atoms with E-state index < -0.39 is 7.12 Å². The second-order valence-electron chi connectivity index (χ2n) is 6.20. The summed E-state index contributed by atoms with van der Waals surface area (Å²) in [4.78, 5) is 0. The molecule has 2 rings (SSSR count). The number of hydrogen-bond donors (Lipinski definition) is 1. The Hall–Kier alpha value is -1.04. The van der Waals surface area contributed by atoms with Gasteiger partial charge in [-0.3, -0.25) is 0 Å². The largest absolute Gasteiger partial charge is 0.498 e. The minimum atomic E-state index is -0.410. The van der Waals surface area contributed by atoms with Crippen LogP contribution < -0.4 is 15.9 Å². The summed E-state index contributed by atoms with van der Waals surface area (Å²) < 4.78 is 17.6. The SMILES string of the molecule is COc1ccc(CCN)cc1B1OC(C)(C)C(C)(C)O1. The van der Waals surface area contributed by atoms with Gasteiger partial charge in [-0.25, -0.2) is 0 Å². The first kappa shape index (κ1) is 15.4. The van der Waals surface area contributed by atoms with E-state index in [0.29, 0.717) is 6.54 Å². The standard InChI is InChI=1S/C15H24BNO3/c1-14(2)15(3,4)20-16(19-14)12-10-11(8-9-17)6-7-13(12)18-5/h6-7,10H,8-9,17H2,1-5H3. The summed E-state index contributed by atoms with van der Waals surface area (Å²) in [5.74, 6) is 0.782. The van der Waals surface area contributed by atoms with E-state index in [-0.39, 0.29) is 11.2 Å². The molecular weight excluding hydrogens is 253 g/mol. The van der Waals surface area contributed by atoms with Gasteiger partial charge in [-0.05, 0) is 52.3 Å². The zero-order valence-electron chi connectivity index (χ0n) is 13.0. The van der Waals surface area contributed by atoms with E-state index in [1.54, 1.807) is 7.11 Å². The maximum absolute atomic E-state index is 6.09. The van der Waals surface area contributed by atoms with Crippen molar-refractivity contribution in [2.75, 3.05) is 13.7 Å². The molecule has 1 aromatic rings. The van der Waals surface area contributed by atoms with Gasteiger partial charge >= 0.3 is 7.12 Å². The Morgan fingerprint density at radius 1 is 1.15 bits per heavy atom. The van der Waals surface area contributed by atoms with Crippen LogP contribution in [0.15, 0.2) is 18.2 Å². The number of rotatable bonds is 4. The lowest BCUT2D eigenvalue weighted by atomic mass is 9.77. The average Bonchev–Trinajstić information content (AvgIpc) is 2.59. The van der Waals surface area contributed by atoms with Crippen molar-refractivity contribution in [1.29, 1.82) is 0 Å². The highest BCUT2D eigenvalue weighted by Gasteiger charge is 2.52. The van der Waals surface area contributed by atoms with Crippen molar-refractivity contribution in [3.63, 3.8) is 0 Å². The third-order valence-electron chi connectivity index (χ3n) is 4.23. The molecule has 0 amide bonds. The van der Waals surface area contributed by atoms with Crippen LogP contribution in [0.5, 0.6) is 5.75 Å². The maximum Gasteiger partial charge on any atom is 0.498 e. The molecule has 0 bridgehead atoms. The van der Waals surface area contributed by atoms with Crippen LogP contribution in [0.1, 0.15) is 33.3 Å². The van der Waals surface area contributed by atoms with E-state index >= 15 is 0 Å². The molecule has 0 spiro atoms. The molecule has 5 heteroatoms. The zero-order valence-corrected chi connectivity index (χ0v) is 13.0. The minimum absolute atomic E-state index is 0.355. The number of nitrogens with two attached hydrogens (primary N) is 1. The van der Waals surface area contributed by atoms with Crippen molar-refractivity contribution in [3.8, 4) is 5.75 Å². The Morgan fingerprint density at radius 2 is 1.75 bits per heavy atom. The fraction of sp³-hybridized carbons (Fsp3) is 0.600. The lowest BCUT2D eigenvalue weighted by molar-refractivity contribution is 0.00578. The van der Waals surface area contributed by atoms with Crippen LogP contribution in [0.2, 0.25) is 0 Å². The van der Waals surface area contributed by atoms with Crippen LogP contribution >= 0.6 is 0 Å². The van der Waals surface area contributed by atoms with Crippen LogP contribution in [0.25, 0.3) is 0 Å². The van der Waals surface area contributed by atoms with E-state index in [4.69, 9.17) is 19.8 Å². The molecule has 110 valence electrons. The molecule has 1 aliphatic rings. The summed E-state index contributed by atoms with van der Waals surface area (Å²) in [5, 5.41) is 0. The summed E-state index contributed by atoms with van der Waals surface area (Å²) >= 11 is 0. The van der Waals surface area contributed by atoms with Crippen LogP contribution in [0.4, 0.5) is 0 Å². The topological polar surface area (TPSA) is 53.7 Å². The summed E-state index contributed by atoms with van der Waals surface area (Å²) in [6.45, 7) is 8.80. The first-order valence-electron chi connectivity index (χ1n) is 7.03. The normalized spacial score (nSPS) is 20.2. The monoisotopic (exact) mass is 277 g/mol. The smallest absolute Gasteiger partial charge is 0.497 e. The van der Waals surface area contributed by atoms with Gasteiger partial charge in [0.15, 0.2) is 0 Å². The molecule has 0 atom stereocenters. The van der Waals surface area contributed by atoms with Crippen molar-refractivity contribution in [2.45, 2.75) is 45.3 Å². The highest BCUT2D eigenvalue weighted by molar-refractivity contribution is 6.63. The molecule has 1 aliphatic heterocycles. The minimum Gasteiger partial charge on any atom is -0.497 e. The van der Waals surface area contributed by atoms with Crippen LogP contribution in [0.3, 0.4) is 0 Å². The quantitative estimate of drug-likeness (QED) is 0.847. The van der Waals surface area contributed by atoms with E-state index in [1.165, 1.54) is 0 Å². The second kappa shape index (κ2) is 5.39. The average molecular weight is 277 g/mol. The molecular formula is C15H24BNO3. The third-order valence-corrected chi connectivity index (χ3v) is 4.23. The highest BCUT2D eigenvalue weighted by atomic mass is 16.7. The molecule has 4 nitrogen and oxygen atoms in total. The van der Waals surface area contributed by atoms with Gasteiger partial charge in [0, 0.05) is 5.46 Å². The van der Waals surface area contributed by atoms with Crippen molar-refractivity contribution in [3.05, 3.63) is 23.8 Å². The van der Waals surface area contributed by atoms with Gasteiger partial charge in [-0.1, -0.05) is 12.1 Å². The van der Waals surface area contributed by atoms with Crippen molar-refractivity contribution in [1.82, 2.24) is 0 Å². The third kappa shape index (κ3) is 2.71. The molecule has 0 unspecified atom stereocenters. The van der Waals surface area contributed by atoms with Gasteiger partial charge in [0.2, 0.25) is 0 Å². The highest BCUT2D eigenvalue weighted by Crippen LogP contribution is 2.37. The van der Waals surface area contributed by atoms with Crippen molar-refractivity contribution in [2.24, 2.45) is 5.73 Å². The molecule has 1 aromatic carbocycles. The Morgan fingerprint density at radius 3 is 2.25 bits per heavy atom. The second-order valence-corrected chi connectivity index (χ2v) is 6.20. The zero-order chi connectivity index (χ0) is 15.0. The fourth-order valence-electron chi connectivity index (χ4n) is 2.26. The number of ether oxygens (including phenoxy) is 1. The van der Waals surface area contributed by atoms with Gasteiger partial charge in [0.05, 0.1) is 18.3 Å². The molecule has 1 heterocycles. The number of benzene rings is 1. The van der Waals surface area contributed by atoms with Gasteiger partial charge in [-0.2, -0.15) is 0 Å². The predicted octanol–water partition coefficient (Wildman–Crippen LogP) is 1.50. The van der Waals surface area contributed by atoms with Gasteiger partial charge < -0.3 is 19.8 Å². The summed E-state index contributed by atoms with van der Waals surface area (Å²) in [5.41, 5.74) is 7.01. The molecule has 0 aliphatic carbocycles.